The third-order valence-corrected chi connectivity index (χ3v) is 7.83. The molecule has 4 aromatic rings. The van der Waals surface area contributed by atoms with Gasteiger partial charge in [-0.2, -0.15) is 0 Å². The molecule has 2 atom stereocenters. The van der Waals surface area contributed by atoms with Crippen molar-refractivity contribution >= 4 is 11.8 Å². The number of aryl methyl sites for hydroxylation is 1. The van der Waals surface area contributed by atoms with E-state index in [4.69, 9.17) is 19.6 Å². The van der Waals surface area contributed by atoms with Gasteiger partial charge in [-0.25, -0.2) is 4.99 Å². The monoisotopic (exact) mass is 588 g/mol. The SMILES string of the molecule is C=CC[C@@]1(C(=O)NCCCCc2ccccc2)N=C(c2ccc(OCCCO)cc2)O[C@@H]1c1ccc(-c2ccccc2)cc1. The van der Waals surface area contributed by atoms with Gasteiger partial charge < -0.3 is 19.9 Å². The van der Waals surface area contributed by atoms with Crippen LogP contribution in [0, 0.1) is 0 Å². The van der Waals surface area contributed by atoms with E-state index in [-0.39, 0.29) is 12.5 Å². The first-order valence-corrected chi connectivity index (χ1v) is 15.3. The number of carbonyl (C=O) groups excluding carboxylic acids is 1. The van der Waals surface area contributed by atoms with Crippen molar-refractivity contribution in [3.05, 3.63) is 139 Å². The number of aliphatic imine (C=N–C) groups is 1. The first kappa shape index (κ1) is 30.8. The molecule has 0 saturated heterocycles. The molecule has 0 aliphatic carbocycles. The van der Waals surface area contributed by atoms with E-state index < -0.39 is 11.6 Å². The van der Waals surface area contributed by atoms with Crippen LogP contribution in [0.2, 0.25) is 0 Å². The topological polar surface area (TPSA) is 80.2 Å². The second-order valence-electron chi connectivity index (χ2n) is 11.0. The summed E-state index contributed by atoms with van der Waals surface area (Å²) < 4.78 is 12.3. The fraction of sp³-hybridized carbons (Fsp3) is 0.263. The molecule has 0 fully saturated rings. The summed E-state index contributed by atoms with van der Waals surface area (Å²) in [5, 5.41) is 12.2. The van der Waals surface area contributed by atoms with Crippen molar-refractivity contribution < 1.29 is 19.4 Å². The Morgan fingerprint density at radius 1 is 0.864 bits per heavy atom. The molecule has 0 saturated carbocycles. The van der Waals surface area contributed by atoms with Crippen molar-refractivity contribution in [1.82, 2.24) is 5.32 Å². The number of aliphatic hydroxyl groups is 1. The predicted octanol–water partition coefficient (Wildman–Crippen LogP) is 7.09. The summed E-state index contributed by atoms with van der Waals surface area (Å²) in [6, 6.07) is 36.2. The van der Waals surface area contributed by atoms with E-state index in [2.05, 4.69) is 60.4 Å². The van der Waals surface area contributed by atoms with Gasteiger partial charge in [0.25, 0.3) is 5.91 Å². The van der Waals surface area contributed by atoms with Gasteiger partial charge in [-0.1, -0.05) is 91.0 Å². The van der Waals surface area contributed by atoms with Crippen LogP contribution in [0.3, 0.4) is 0 Å². The van der Waals surface area contributed by atoms with E-state index in [9.17, 15) is 4.79 Å². The third kappa shape index (κ3) is 7.44. The van der Waals surface area contributed by atoms with Crippen molar-refractivity contribution in [2.45, 2.75) is 43.7 Å². The van der Waals surface area contributed by atoms with Crippen LogP contribution in [-0.2, 0) is 16.0 Å². The molecule has 0 aromatic heterocycles. The Kier molecular flexibility index (Phi) is 10.6. The average molecular weight is 589 g/mol. The second-order valence-corrected chi connectivity index (χ2v) is 11.0. The number of rotatable bonds is 15. The molecule has 2 N–H and O–H groups in total. The van der Waals surface area contributed by atoms with E-state index in [1.807, 2.05) is 60.7 Å². The summed E-state index contributed by atoms with van der Waals surface area (Å²) in [5.41, 5.74) is 3.92. The third-order valence-electron chi connectivity index (χ3n) is 7.83. The molecule has 0 bridgehead atoms. The van der Waals surface area contributed by atoms with E-state index in [0.29, 0.717) is 37.6 Å². The van der Waals surface area contributed by atoms with E-state index in [0.717, 1.165) is 41.5 Å². The number of carbonyl (C=O) groups is 1. The van der Waals surface area contributed by atoms with Crippen LogP contribution in [-0.4, -0.2) is 42.2 Å². The van der Waals surface area contributed by atoms with Crippen LogP contribution >= 0.6 is 0 Å². The summed E-state index contributed by atoms with van der Waals surface area (Å²) in [7, 11) is 0. The zero-order valence-corrected chi connectivity index (χ0v) is 25.0. The van der Waals surface area contributed by atoms with Gasteiger partial charge in [-0.3, -0.25) is 4.79 Å². The maximum Gasteiger partial charge on any atom is 0.252 e. The first-order valence-electron chi connectivity index (χ1n) is 15.3. The zero-order chi connectivity index (χ0) is 30.6. The van der Waals surface area contributed by atoms with Crippen LogP contribution in [0.25, 0.3) is 11.1 Å². The molecule has 1 heterocycles. The Morgan fingerprint density at radius 3 is 2.20 bits per heavy atom. The molecule has 1 aliphatic rings. The number of hydrogen-bond donors (Lipinski definition) is 2. The van der Waals surface area contributed by atoms with Crippen LogP contribution in [0.15, 0.2) is 127 Å². The highest BCUT2D eigenvalue weighted by molar-refractivity contribution is 6.01. The molecule has 5 rings (SSSR count). The van der Waals surface area contributed by atoms with Gasteiger partial charge in [0.2, 0.25) is 5.90 Å². The Hall–Kier alpha value is -4.68. The van der Waals surface area contributed by atoms with E-state index in [1.165, 1.54) is 5.56 Å². The lowest BCUT2D eigenvalue weighted by molar-refractivity contribution is -0.128. The molecular formula is C38H40N2O4. The van der Waals surface area contributed by atoms with Gasteiger partial charge in [0.1, 0.15) is 5.75 Å². The molecule has 6 nitrogen and oxygen atoms in total. The standard InChI is InChI=1S/C38H40N2O4/c1-2-25-38(37(42)39-26-10-9-14-29-12-5-3-6-13-29)35(32-19-17-31(18-20-32)30-15-7-4-8-16-30)44-36(40-38)33-21-23-34(24-22-33)43-28-11-27-41/h2-8,12-13,15-24,35,41H,1,9-11,14,25-28H2,(H,39,42)/t35-,38-/m1/s1. The normalized spacial score (nSPS) is 17.4. The van der Waals surface area contributed by atoms with Crippen molar-refractivity contribution in [1.29, 1.82) is 0 Å². The molecule has 44 heavy (non-hydrogen) atoms. The minimum Gasteiger partial charge on any atom is -0.494 e. The zero-order valence-electron chi connectivity index (χ0n) is 25.0. The van der Waals surface area contributed by atoms with Gasteiger partial charge in [-0.15, -0.1) is 6.58 Å². The maximum absolute atomic E-state index is 14.1. The molecule has 1 aliphatic heterocycles. The number of ether oxygens (including phenoxy) is 2. The number of amides is 1. The van der Waals surface area contributed by atoms with Crippen molar-refractivity contribution in [2.75, 3.05) is 19.8 Å². The molecule has 226 valence electrons. The summed E-state index contributed by atoms with van der Waals surface area (Å²) in [5.74, 6) is 0.928. The van der Waals surface area contributed by atoms with Gasteiger partial charge in [0, 0.05) is 31.6 Å². The summed E-state index contributed by atoms with van der Waals surface area (Å²) in [6.45, 7) is 5.05. The summed E-state index contributed by atoms with van der Waals surface area (Å²) >= 11 is 0. The fourth-order valence-electron chi connectivity index (χ4n) is 5.47. The quantitative estimate of drug-likeness (QED) is 0.115. The Morgan fingerprint density at radius 2 is 1.52 bits per heavy atom. The molecule has 4 aromatic carbocycles. The van der Waals surface area contributed by atoms with Crippen molar-refractivity contribution in [3.63, 3.8) is 0 Å². The van der Waals surface area contributed by atoms with E-state index >= 15 is 0 Å². The number of hydrogen-bond acceptors (Lipinski definition) is 5. The number of aliphatic hydroxyl groups excluding tert-OH is 1. The molecule has 0 radical (unpaired) electrons. The Bertz CT molecular complexity index is 1520. The number of nitrogens with zero attached hydrogens (tertiary/aromatic N) is 1. The largest absolute Gasteiger partial charge is 0.494 e. The molecule has 1 amide bonds. The van der Waals surface area contributed by atoms with Crippen LogP contribution in [0.1, 0.15) is 48.5 Å². The van der Waals surface area contributed by atoms with Crippen LogP contribution in [0.4, 0.5) is 0 Å². The minimum atomic E-state index is -1.21. The van der Waals surface area contributed by atoms with Crippen molar-refractivity contribution in [2.24, 2.45) is 4.99 Å². The average Bonchev–Trinajstić information content (AvgIpc) is 3.46. The molecule has 0 unspecified atom stereocenters. The predicted molar refractivity (Wildman–Crippen MR) is 176 cm³/mol. The minimum absolute atomic E-state index is 0.0803. The lowest BCUT2D eigenvalue weighted by Crippen LogP contribution is -2.48. The second kappa shape index (κ2) is 15.2. The highest BCUT2D eigenvalue weighted by Gasteiger charge is 2.52. The molecule has 6 heteroatoms. The Balaban J connectivity index is 1.38. The molecule has 0 spiro atoms. The molecular weight excluding hydrogens is 548 g/mol. The van der Waals surface area contributed by atoms with Gasteiger partial charge >= 0.3 is 0 Å². The first-order chi connectivity index (χ1) is 21.6. The summed E-state index contributed by atoms with van der Waals surface area (Å²) in [6.07, 6.45) is 4.79. The highest BCUT2D eigenvalue weighted by atomic mass is 16.5. The van der Waals surface area contributed by atoms with E-state index in [1.54, 1.807) is 6.08 Å². The Labute approximate surface area is 260 Å². The number of unbranched alkanes of at least 4 members (excludes halogenated alkanes) is 1. The van der Waals surface area contributed by atoms with Gasteiger partial charge in [0.15, 0.2) is 11.6 Å². The van der Waals surface area contributed by atoms with Gasteiger partial charge in [-0.05, 0) is 65.8 Å². The lowest BCUT2D eigenvalue weighted by atomic mass is 9.84. The highest BCUT2D eigenvalue weighted by Crippen LogP contribution is 2.43. The van der Waals surface area contributed by atoms with Crippen LogP contribution < -0.4 is 10.1 Å². The fourth-order valence-corrected chi connectivity index (χ4v) is 5.47. The van der Waals surface area contributed by atoms with Crippen molar-refractivity contribution in [3.8, 4) is 16.9 Å². The van der Waals surface area contributed by atoms with Gasteiger partial charge in [0.05, 0.1) is 6.61 Å². The smallest absolute Gasteiger partial charge is 0.252 e. The summed E-state index contributed by atoms with van der Waals surface area (Å²) in [4.78, 5) is 19.1. The number of nitrogens with one attached hydrogen (secondary N) is 1. The van der Waals surface area contributed by atoms with Crippen LogP contribution in [0.5, 0.6) is 5.75 Å². The lowest BCUT2D eigenvalue weighted by Gasteiger charge is -2.29. The number of benzene rings is 4. The maximum atomic E-state index is 14.1.